The zero-order valence-electron chi connectivity index (χ0n) is 22.8. The number of quaternary nitrogens is 1. The predicted octanol–water partition coefficient (Wildman–Crippen LogP) is 3.55. The number of benzene rings is 2. The standard InChI is InChI=1S/C32H46NO3.BrH/c1-3-4-5-6-7-9-12-25-15-17-26(18-16-25)23-33(2)28-19-20-29(33)22-30(21-28)36-32(35)31(24-34)27-13-10-8-11-14-27;/h8,10-11,13-18,28-31,34H,3-7,9,12,19-24H2,1-2H3;1H/q+1;/p-1/t28-,29+,30?,31?,33?;. The summed E-state index contributed by atoms with van der Waals surface area (Å²) >= 11 is 0. The number of carbonyl (C=O) groups is 1. The van der Waals surface area contributed by atoms with Crippen molar-refractivity contribution in [3.8, 4) is 0 Å². The van der Waals surface area contributed by atoms with Crippen LogP contribution in [0.25, 0.3) is 0 Å². The largest absolute Gasteiger partial charge is 1.00 e. The number of carbonyl (C=O) groups excluding carboxylic acids is 1. The molecule has 2 saturated heterocycles. The molecule has 3 unspecified atom stereocenters. The number of hydrogen-bond acceptors (Lipinski definition) is 3. The molecule has 2 aliphatic rings. The summed E-state index contributed by atoms with van der Waals surface area (Å²) in [6, 6.07) is 19.9. The fourth-order valence-electron chi connectivity index (χ4n) is 6.61. The molecule has 0 spiro atoms. The molecule has 4 nitrogen and oxygen atoms in total. The predicted molar refractivity (Wildman–Crippen MR) is 146 cm³/mol. The monoisotopic (exact) mass is 571 g/mol. The molecule has 0 aliphatic carbocycles. The van der Waals surface area contributed by atoms with Gasteiger partial charge in [0.25, 0.3) is 0 Å². The summed E-state index contributed by atoms with van der Waals surface area (Å²) in [6.07, 6.45) is 13.5. The molecule has 2 aromatic carbocycles. The zero-order valence-corrected chi connectivity index (χ0v) is 24.4. The van der Waals surface area contributed by atoms with Gasteiger partial charge in [-0.05, 0) is 24.0 Å². The van der Waals surface area contributed by atoms with Gasteiger partial charge in [-0.2, -0.15) is 0 Å². The maximum Gasteiger partial charge on any atom is 0.316 e. The quantitative estimate of drug-likeness (QED) is 0.227. The van der Waals surface area contributed by atoms with Crippen LogP contribution in [0.1, 0.15) is 93.7 Å². The highest BCUT2D eigenvalue weighted by molar-refractivity contribution is 5.78. The Morgan fingerprint density at radius 3 is 2.14 bits per heavy atom. The summed E-state index contributed by atoms with van der Waals surface area (Å²) in [5, 5.41) is 9.85. The highest BCUT2D eigenvalue weighted by Crippen LogP contribution is 2.43. The van der Waals surface area contributed by atoms with E-state index in [1.165, 1.54) is 68.9 Å². The number of nitrogens with zero attached hydrogens (tertiary/aromatic N) is 1. The summed E-state index contributed by atoms with van der Waals surface area (Å²) in [6.45, 7) is 3.11. The van der Waals surface area contributed by atoms with E-state index < -0.39 is 5.92 Å². The summed E-state index contributed by atoms with van der Waals surface area (Å²) in [4.78, 5) is 12.9. The van der Waals surface area contributed by atoms with E-state index in [1.54, 1.807) is 0 Å². The van der Waals surface area contributed by atoms with Crippen molar-refractivity contribution in [2.45, 2.75) is 108 Å². The molecule has 2 fully saturated rings. The average Bonchev–Trinajstić information content (AvgIpc) is 3.04. The number of aryl methyl sites for hydroxylation is 1. The number of aliphatic hydroxyl groups is 1. The van der Waals surface area contributed by atoms with Crippen molar-refractivity contribution in [3.05, 3.63) is 71.3 Å². The van der Waals surface area contributed by atoms with E-state index in [-0.39, 0.29) is 35.7 Å². The molecule has 0 radical (unpaired) electrons. The summed E-state index contributed by atoms with van der Waals surface area (Å²) in [7, 11) is 2.41. The molecule has 0 amide bonds. The number of piperidine rings is 1. The second kappa shape index (κ2) is 14.5. The zero-order chi connectivity index (χ0) is 25.4. The Morgan fingerprint density at radius 1 is 0.919 bits per heavy atom. The van der Waals surface area contributed by atoms with E-state index in [1.807, 2.05) is 30.3 Å². The summed E-state index contributed by atoms with van der Waals surface area (Å²) in [5.74, 6) is -0.883. The number of halogens is 1. The Balaban J connectivity index is 0.00000380. The molecule has 0 aromatic heterocycles. The SMILES string of the molecule is CCCCCCCCc1ccc(C[N+]2(C)[C@@H]3CC[C@H]2CC(OC(=O)C(CO)c2ccccc2)C3)cc1.[Br-]. The molecule has 2 aromatic rings. The minimum atomic E-state index is -0.596. The van der Waals surface area contributed by atoms with E-state index in [2.05, 4.69) is 38.2 Å². The Hall–Kier alpha value is -1.69. The highest BCUT2D eigenvalue weighted by atomic mass is 79.9. The number of hydrogen-bond donors (Lipinski definition) is 1. The molecule has 2 bridgehead atoms. The molecular formula is C32H46BrNO3. The summed E-state index contributed by atoms with van der Waals surface area (Å²) in [5.41, 5.74) is 3.70. The van der Waals surface area contributed by atoms with E-state index in [0.717, 1.165) is 29.4 Å². The number of aliphatic hydroxyl groups excluding tert-OH is 1. The van der Waals surface area contributed by atoms with Gasteiger partial charge in [0.05, 0.1) is 25.7 Å². The van der Waals surface area contributed by atoms with Crippen LogP contribution in [0.15, 0.2) is 54.6 Å². The first kappa shape index (κ1) is 29.9. The van der Waals surface area contributed by atoms with Gasteiger partial charge in [-0.3, -0.25) is 4.79 Å². The second-order valence-corrected chi connectivity index (χ2v) is 11.4. The van der Waals surface area contributed by atoms with Gasteiger partial charge in [-0.25, -0.2) is 0 Å². The number of fused-ring (bicyclic) bond motifs is 2. The molecule has 5 heteroatoms. The lowest BCUT2D eigenvalue weighted by Gasteiger charge is -2.47. The first-order chi connectivity index (χ1) is 17.5. The average molecular weight is 573 g/mol. The Labute approximate surface area is 234 Å². The topological polar surface area (TPSA) is 46.5 Å². The van der Waals surface area contributed by atoms with Crippen LogP contribution in [0.2, 0.25) is 0 Å². The normalized spacial score (nSPS) is 25.3. The number of ether oxygens (including phenoxy) is 1. The van der Waals surface area contributed by atoms with Crippen molar-refractivity contribution in [3.63, 3.8) is 0 Å². The molecule has 37 heavy (non-hydrogen) atoms. The van der Waals surface area contributed by atoms with Crippen molar-refractivity contribution >= 4 is 5.97 Å². The third kappa shape index (κ3) is 7.68. The molecule has 204 valence electrons. The third-order valence-corrected chi connectivity index (χ3v) is 8.89. The molecule has 5 atom stereocenters. The lowest BCUT2D eigenvalue weighted by Crippen LogP contribution is -3.00. The second-order valence-electron chi connectivity index (χ2n) is 11.4. The van der Waals surface area contributed by atoms with Crippen molar-refractivity contribution < 1.29 is 36.1 Å². The van der Waals surface area contributed by atoms with Crippen molar-refractivity contribution in [1.82, 2.24) is 0 Å². The van der Waals surface area contributed by atoms with Gasteiger partial charge in [-0.15, -0.1) is 0 Å². The Kier molecular flexibility index (Phi) is 11.7. The first-order valence-electron chi connectivity index (χ1n) is 14.3. The lowest BCUT2D eigenvalue weighted by atomic mass is 9.94. The minimum Gasteiger partial charge on any atom is -1.00 e. The highest BCUT2D eigenvalue weighted by Gasteiger charge is 2.52. The van der Waals surface area contributed by atoms with Gasteiger partial charge in [0.2, 0.25) is 0 Å². The van der Waals surface area contributed by atoms with Gasteiger partial charge in [0, 0.05) is 31.2 Å². The van der Waals surface area contributed by atoms with Crippen molar-refractivity contribution in [2.75, 3.05) is 13.7 Å². The van der Waals surface area contributed by atoms with Gasteiger partial charge < -0.3 is 31.3 Å². The molecule has 1 N–H and O–H groups in total. The van der Waals surface area contributed by atoms with Crippen LogP contribution in [-0.2, 0) is 22.5 Å². The fourth-order valence-corrected chi connectivity index (χ4v) is 6.61. The molecule has 0 saturated carbocycles. The van der Waals surface area contributed by atoms with E-state index in [0.29, 0.717) is 12.1 Å². The van der Waals surface area contributed by atoms with Crippen molar-refractivity contribution in [2.24, 2.45) is 0 Å². The number of esters is 1. The smallest absolute Gasteiger partial charge is 0.316 e. The van der Waals surface area contributed by atoms with Gasteiger partial charge in [-0.1, -0.05) is 93.6 Å². The van der Waals surface area contributed by atoms with Crippen LogP contribution in [0.3, 0.4) is 0 Å². The van der Waals surface area contributed by atoms with E-state index >= 15 is 0 Å². The maximum atomic E-state index is 12.9. The third-order valence-electron chi connectivity index (χ3n) is 8.89. The van der Waals surface area contributed by atoms with Crippen molar-refractivity contribution in [1.29, 1.82) is 0 Å². The molecule has 2 heterocycles. The molecule has 2 aliphatic heterocycles. The van der Waals surface area contributed by atoms with Gasteiger partial charge in [0.1, 0.15) is 18.6 Å². The maximum absolute atomic E-state index is 12.9. The van der Waals surface area contributed by atoms with Crippen LogP contribution in [-0.4, -0.2) is 47.4 Å². The minimum absolute atomic E-state index is 0. The van der Waals surface area contributed by atoms with Crippen LogP contribution in [0.5, 0.6) is 0 Å². The Morgan fingerprint density at radius 2 is 1.51 bits per heavy atom. The first-order valence-corrected chi connectivity index (χ1v) is 14.3. The Bertz CT molecular complexity index is 934. The fraction of sp³-hybridized carbons (Fsp3) is 0.594. The van der Waals surface area contributed by atoms with Crippen LogP contribution in [0, 0.1) is 0 Å². The van der Waals surface area contributed by atoms with Gasteiger partial charge in [0.15, 0.2) is 0 Å². The number of unbranched alkanes of at least 4 members (excludes halogenated alkanes) is 5. The summed E-state index contributed by atoms with van der Waals surface area (Å²) < 4.78 is 7.06. The van der Waals surface area contributed by atoms with Crippen LogP contribution >= 0.6 is 0 Å². The van der Waals surface area contributed by atoms with Crippen LogP contribution < -0.4 is 17.0 Å². The number of rotatable bonds is 13. The van der Waals surface area contributed by atoms with Gasteiger partial charge >= 0.3 is 5.97 Å². The lowest BCUT2D eigenvalue weighted by molar-refractivity contribution is -0.961. The molecular weight excluding hydrogens is 526 g/mol. The van der Waals surface area contributed by atoms with Crippen LogP contribution in [0.4, 0.5) is 0 Å². The van der Waals surface area contributed by atoms with E-state index in [4.69, 9.17) is 4.74 Å². The molecule has 4 rings (SSSR count). The van der Waals surface area contributed by atoms with E-state index in [9.17, 15) is 9.90 Å².